The maximum atomic E-state index is 6.55. The first-order chi connectivity index (χ1) is 30.3. The molecule has 0 spiro atoms. The molecular weight excluding hydrogens is 745 g/mol. The quantitative estimate of drug-likeness (QED) is 0.175. The SMILES string of the molecule is c1ccc(-c2ccc(-n3c4ccccc4c4ccc5c6ccc7oc8ccccc8c7c6n(-c6ccc(-c7nc(-c8ccccc8)c8ccccc8n7)cc6)c5c43)cc2)cc1. The number of fused-ring (bicyclic) bond motifs is 12. The average Bonchev–Trinajstić information content (AvgIpc) is 4.00. The van der Waals surface area contributed by atoms with Gasteiger partial charge in [0.2, 0.25) is 0 Å². The predicted octanol–water partition coefficient (Wildman–Crippen LogP) is 14.7. The normalized spacial score (nSPS) is 11.9. The smallest absolute Gasteiger partial charge is 0.160 e. The fourth-order valence-electron chi connectivity index (χ4n) is 9.59. The second kappa shape index (κ2) is 13.1. The van der Waals surface area contributed by atoms with Gasteiger partial charge in [0.1, 0.15) is 11.2 Å². The molecule has 61 heavy (non-hydrogen) atoms. The van der Waals surface area contributed by atoms with E-state index in [-0.39, 0.29) is 0 Å². The molecule has 0 saturated heterocycles. The molecule has 0 unspecified atom stereocenters. The Morgan fingerprint density at radius 1 is 0.328 bits per heavy atom. The second-order valence-corrected chi connectivity index (χ2v) is 15.7. The van der Waals surface area contributed by atoms with Crippen molar-refractivity contribution in [3.05, 3.63) is 206 Å². The highest BCUT2D eigenvalue weighted by atomic mass is 16.3. The lowest BCUT2D eigenvalue weighted by Gasteiger charge is -2.14. The van der Waals surface area contributed by atoms with Crippen LogP contribution in [0, 0.1) is 0 Å². The number of hydrogen-bond donors (Lipinski definition) is 0. The number of furan rings is 1. The maximum absolute atomic E-state index is 6.55. The van der Waals surface area contributed by atoms with Crippen molar-refractivity contribution >= 4 is 76.5 Å². The van der Waals surface area contributed by atoms with Gasteiger partial charge in [-0.25, -0.2) is 9.97 Å². The molecule has 9 aromatic carbocycles. The Labute approximate surface area is 350 Å². The molecule has 0 N–H and O–H groups in total. The molecule has 5 nitrogen and oxygen atoms in total. The van der Waals surface area contributed by atoms with Gasteiger partial charge in [-0.15, -0.1) is 0 Å². The van der Waals surface area contributed by atoms with Crippen LogP contribution in [0.5, 0.6) is 0 Å². The zero-order valence-corrected chi connectivity index (χ0v) is 32.8. The van der Waals surface area contributed by atoms with Crippen LogP contribution in [0.2, 0.25) is 0 Å². The Bertz CT molecular complexity index is 3840. The largest absolute Gasteiger partial charge is 0.456 e. The first-order valence-electron chi connectivity index (χ1n) is 20.7. The highest BCUT2D eigenvalue weighted by Gasteiger charge is 2.24. The van der Waals surface area contributed by atoms with Crippen molar-refractivity contribution in [3.8, 4) is 45.1 Å². The number of nitrogens with zero attached hydrogens (tertiary/aromatic N) is 4. The fraction of sp³-hybridized carbons (Fsp3) is 0. The Balaban J connectivity index is 1.10. The number of benzene rings is 9. The predicted molar refractivity (Wildman–Crippen MR) is 252 cm³/mol. The minimum absolute atomic E-state index is 0.691. The van der Waals surface area contributed by atoms with Crippen molar-refractivity contribution < 1.29 is 4.42 Å². The van der Waals surface area contributed by atoms with Gasteiger partial charge in [0.05, 0.1) is 38.7 Å². The first-order valence-corrected chi connectivity index (χ1v) is 20.7. The number of hydrogen-bond acceptors (Lipinski definition) is 3. The van der Waals surface area contributed by atoms with Crippen LogP contribution in [0.25, 0.3) is 122 Å². The van der Waals surface area contributed by atoms with Gasteiger partial charge >= 0.3 is 0 Å². The third-order valence-corrected chi connectivity index (χ3v) is 12.3. The van der Waals surface area contributed by atoms with Crippen LogP contribution in [0.3, 0.4) is 0 Å². The summed E-state index contributed by atoms with van der Waals surface area (Å²) < 4.78 is 11.5. The summed E-state index contributed by atoms with van der Waals surface area (Å²) in [4.78, 5) is 10.3. The molecule has 4 aromatic heterocycles. The van der Waals surface area contributed by atoms with E-state index >= 15 is 0 Å². The van der Waals surface area contributed by atoms with Crippen LogP contribution in [0.15, 0.2) is 211 Å². The molecular formula is C56H34N4O. The van der Waals surface area contributed by atoms with Crippen LogP contribution in [-0.2, 0) is 0 Å². The molecule has 0 aliphatic carbocycles. The molecule has 0 amide bonds. The lowest BCUT2D eigenvalue weighted by atomic mass is 10.1. The Kier molecular flexibility index (Phi) is 7.24. The van der Waals surface area contributed by atoms with Crippen molar-refractivity contribution in [2.24, 2.45) is 0 Å². The molecule has 13 rings (SSSR count). The van der Waals surface area contributed by atoms with Gasteiger partial charge in [0.15, 0.2) is 5.82 Å². The monoisotopic (exact) mass is 778 g/mol. The van der Waals surface area contributed by atoms with E-state index in [0.717, 1.165) is 83.1 Å². The summed E-state index contributed by atoms with van der Waals surface area (Å²) in [6.45, 7) is 0. The molecule has 13 aromatic rings. The minimum atomic E-state index is 0.691. The molecule has 0 fully saturated rings. The van der Waals surface area contributed by atoms with Gasteiger partial charge in [-0.1, -0.05) is 140 Å². The summed E-state index contributed by atoms with van der Waals surface area (Å²) >= 11 is 0. The number of rotatable bonds is 5. The van der Waals surface area contributed by atoms with E-state index in [0.29, 0.717) is 5.82 Å². The first kappa shape index (κ1) is 33.7. The van der Waals surface area contributed by atoms with E-state index < -0.39 is 0 Å². The number of para-hydroxylation sites is 3. The average molecular weight is 779 g/mol. The zero-order valence-electron chi connectivity index (χ0n) is 32.8. The summed E-state index contributed by atoms with van der Waals surface area (Å²) in [6, 6.07) is 73.1. The topological polar surface area (TPSA) is 48.8 Å². The molecule has 5 heteroatoms. The van der Waals surface area contributed by atoms with Crippen molar-refractivity contribution in [3.63, 3.8) is 0 Å². The molecule has 0 aliphatic heterocycles. The Morgan fingerprint density at radius 3 is 1.64 bits per heavy atom. The second-order valence-electron chi connectivity index (χ2n) is 15.7. The van der Waals surface area contributed by atoms with Gasteiger partial charge in [-0.2, -0.15) is 0 Å². The standard InChI is InChI=1S/C56H34N4O/c1-3-13-35(14-4-1)36-23-27-39(28-24-36)59-48-21-11-8-17-41(48)42-31-32-44-43-33-34-50-51(46-19-9-12-22-49(46)61-50)53(43)60(55(44)54(42)59)40-29-25-38(26-30-40)56-57-47-20-10-7-18-45(47)52(58-56)37-15-5-2-6-16-37/h1-34H. The molecule has 284 valence electrons. The molecule has 4 heterocycles. The van der Waals surface area contributed by atoms with Gasteiger partial charge < -0.3 is 13.6 Å². The van der Waals surface area contributed by atoms with Crippen molar-refractivity contribution in [2.75, 3.05) is 0 Å². The summed E-state index contributed by atoms with van der Waals surface area (Å²) in [6.07, 6.45) is 0. The summed E-state index contributed by atoms with van der Waals surface area (Å²) in [5.74, 6) is 0.691. The lowest BCUT2D eigenvalue weighted by Crippen LogP contribution is -1.99. The fourth-order valence-corrected chi connectivity index (χ4v) is 9.59. The van der Waals surface area contributed by atoms with Gasteiger partial charge in [-0.3, -0.25) is 0 Å². The van der Waals surface area contributed by atoms with Gasteiger partial charge in [0.25, 0.3) is 0 Å². The molecule has 0 aliphatic rings. The van der Waals surface area contributed by atoms with E-state index in [9.17, 15) is 0 Å². The Hall–Kier alpha value is -8.28. The molecule has 0 bridgehead atoms. The van der Waals surface area contributed by atoms with E-state index in [1.807, 2.05) is 18.2 Å². The zero-order chi connectivity index (χ0) is 40.0. The molecule has 0 atom stereocenters. The van der Waals surface area contributed by atoms with E-state index in [2.05, 4.69) is 197 Å². The van der Waals surface area contributed by atoms with Crippen molar-refractivity contribution in [1.29, 1.82) is 0 Å². The van der Waals surface area contributed by atoms with Crippen LogP contribution in [-0.4, -0.2) is 19.1 Å². The van der Waals surface area contributed by atoms with E-state index in [4.69, 9.17) is 14.4 Å². The summed E-state index contributed by atoms with van der Waals surface area (Å²) in [5, 5.41) is 7.97. The molecule has 0 saturated carbocycles. The van der Waals surface area contributed by atoms with Gasteiger partial charge in [-0.05, 0) is 77.9 Å². The third kappa shape index (κ3) is 5.08. The maximum Gasteiger partial charge on any atom is 0.160 e. The lowest BCUT2D eigenvalue weighted by molar-refractivity contribution is 0.669. The van der Waals surface area contributed by atoms with Crippen LogP contribution >= 0.6 is 0 Å². The van der Waals surface area contributed by atoms with E-state index in [1.54, 1.807) is 0 Å². The molecule has 0 radical (unpaired) electrons. The third-order valence-electron chi connectivity index (χ3n) is 12.3. The van der Waals surface area contributed by atoms with Crippen LogP contribution in [0.4, 0.5) is 0 Å². The van der Waals surface area contributed by atoms with Crippen LogP contribution < -0.4 is 0 Å². The van der Waals surface area contributed by atoms with Crippen LogP contribution in [0.1, 0.15) is 0 Å². The van der Waals surface area contributed by atoms with Crippen molar-refractivity contribution in [1.82, 2.24) is 19.1 Å². The van der Waals surface area contributed by atoms with Crippen molar-refractivity contribution in [2.45, 2.75) is 0 Å². The minimum Gasteiger partial charge on any atom is -0.456 e. The summed E-state index contributed by atoms with van der Waals surface area (Å²) in [5.41, 5.74) is 14.7. The summed E-state index contributed by atoms with van der Waals surface area (Å²) in [7, 11) is 0. The Morgan fingerprint density at radius 2 is 0.869 bits per heavy atom. The van der Waals surface area contributed by atoms with Gasteiger partial charge in [0, 0.05) is 54.8 Å². The highest BCUT2D eigenvalue weighted by Crippen LogP contribution is 2.45. The van der Waals surface area contributed by atoms with E-state index in [1.165, 1.54) is 32.7 Å². The highest BCUT2D eigenvalue weighted by molar-refractivity contribution is 6.29. The number of aromatic nitrogens is 4.